The molecule has 0 aliphatic carbocycles. The van der Waals surface area contributed by atoms with Crippen LogP contribution in [0.4, 0.5) is 4.39 Å². The van der Waals surface area contributed by atoms with E-state index in [1.807, 2.05) is 37.3 Å². The summed E-state index contributed by atoms with van der Waals surface area (Å²) in [7, 11) is 0. The first-order valence-electron chi connectivity index (χ1n) is 8.72. The van der Waals surface area contributed by atoms with Gasteiger partial charge in [-0.3, -0.25) is 4.79 Å². The molecular formula is C23H16ClFO3. The fourth-order valence-corrected chi connectivity index (χ4v) is 3.30. The summed E-state index contributed by atoms with van der Waals surface area (Å²) in [5.74, 6) is 0.578. The first kappa shape index (κ1) is 18.3. The van der Waals surface area contributed by atoms with Crippen LogP contribution in [0.25, 0.3) is 6.08 Å². The number of fused-ring (bicyclic) bond motifs is 1. The molecule has 1 aliphatic rings. The average molecular weight is 395 g/mol. The molecule has 3 aromatic rings. The Labute approximate surface area is 167 Å². The number of benzene rings is 3. The maximum atomic E-state index is 13.9. The summed E-state index contributed by atoms with van der Waals surface area (Å²) in [6.07, 6.45) is 1.71. The smallest absolute Gasteiger partial charge is 0.232 e. The number of halogens is 2. The van der Waals surface area contributed by atoms with Crippen molar-refractivity contribution in [3.63, 3.8) is 0 Å². The van der Waals surface area contributed by atoms with E-state index in [0.717, 1.165) is 11.1 Å². The third-order valence-corrected chi connectivity index (χ3v) is 4.84. The van der Waals surface area contributed by atoms with E-state index < -0.39 is 5.82 Å². The molecule has 0 saturated heterocycles. The normalized spacial score (nSPS) is 14.1. The predicted octanol–water partition coefficient (Wildman–Crippen LogP) is 5.98. The van der Waals surface area contributed by atoms with Crippen molar-refractivity contribution in [2.75, 3.05) is 0 Å². The molecule has 0 spiro atoms. The highest BCUT2D eigenvalue weighted by atomic mass is 35.5. The molecule has 1 heterocycles. The van der Waals surface area contributed by atoms with Crippen LogP contribution in [0.1, 0.15) is 27.0 Å². The van der Waals surface area contributed by atoms with Gasteiger partial charge < -0.3 is 9.47 Å². The lowest BCUT2D eigenvalue weighted by atomic mass is 10.0. The molecule has 0 unspecified atom stereocenters. The zero-order chi connectivity index (χ0) is 19.7. The molecule has 28 heavy (non-hydrogen) atoms. The lowest BCUT2D eigenvalue weighted by Gasteiger charge is -2.11. The molecule has 0 saturated carbocycles. The highest BCUT2D eigenvalue weighted by Gasteiger charge is 2.30. The minimum Gasteiger partial charge on any atom is -0.489 e. The Kier molecular flexibility index (Phi) is 4.88. The number of hydrogen-bond donors (Lipinski definition) is 0. The lowest BCUT2D eigenvalue weighted by Crippen LogP contribution is -2.01. The molecule has 0 radical (unpaired) electrons. The van der Waals surface area contributed by atoms with Gasteiger partial charge in [0.15, 0.2) is 5.76 Å². The molecule has 0 amide bonds. The molecule has 0 atom stereocenters. The van der Waals surface area contributed by atoms with E-state index in [4.69, 9.17) is 21.1 Å². The number of Topliss-reactive ketones (excluding diaryl/α,β-unsaturated/α-hetero) is 1. The molecule has 3 aromatic carbocycles. The van der Waals surface area contributed by atoms with Crippen LogP contribution in [-0.4, -0.2) is 5.78 Å². The highest BCUT2D eigenvalue weighted by molar-refractivity contribution is 6.31. The average Bonchev–Trinajstić information content (AvgIpc) is 2.98. The van der Waals surface area contributed by atoms with Gasteiger partial charge in [0.25, 0.3) is 0 Å². The van der Waals surface area contributed by atoms with E-state index in [1.165, 1.54) is 6.07 Å². The molecule has 5 heteroatoms. The van der Waals surface area contributed by atoms with Crippen molar-refractivity contribution in [1.82, 2.24) is 0 Å². The van der Waals surface area contributed by atoms with Gasteiger partial charge in [0, 0.05) is 11.6 Å². The second kappa shape index (κ2) is 7.49. The summed E-state index contributed by atoms with van der Waals surface area (Å²) in [6, 6.07) is 17.3. The number of ether oxygens (including phenoxy) is 2. The van der Waals surface area contributed by atoms with Crippen LogP contribution in [-0.2, 0) is 6.61 Å². The Morgan fingerprint density at radius 2 is 1.89 bits per heavy atom. The lowest BCUT2D eigenvalue weighted by molar-refractivity contribution is 0.101. The number of rotatable bonds is 4. The van der Waals surface area contributed by atoms with Crippen LogP contribution in [0.3, 0.4) is 0 Å². The van der Waals surface area contributed by atoms with Gasteiger partial charge in [-0.15, -0.1) is 0 Å². The topological polar surface area (TPSA) is 35.5 Å². The van der Waals surface area contributed by atoms with Crippen molar-refractivity contribution < 1.29 is 18.7 Å². The van der Waals surface area contributed by atoms with Crippen molar-refractivity contribution in [2.24, 2.45) is 0 Å². The van der Waals surface area contributed by atoms with Crippen LogP contribution in [0.15, 0.2) is 66.4 Å². The van der Waals surface area contributed by atoms with E-state index >= 15 is 0 Å². The molecule has 4 rings (SSSR count). The van der Waals surface area contributed by atoms with E-state index in [-0.39, 0.29) is 23.7 Å². The standard InChI is InChI=1S/C23H16ClFO3/c1-14-10-16(27-13-17-18(24)8-5-9-19(17)25)12-20-22(14)23(26)21(28-20)11-15-6-3-2-4-7-15/h2-12H,13H2,1H3/b21-11-. The molecule has 1 aliphatic heterocycles. The Morgan fingerprint density at radius 3 is 2.64 bits per heavy atom. The van der Waals surface area contributed by atoms with Crippen molar-refractivity contribution in [3.05, 3.63) is 99.5 Å². The van der Waals surface area contributed by atoms with Gasteiger partial charge in [0.2, 0.25) is 5.78 Å². The minimum absolute atomic E-state index is 0.0234. The quantitative estimate of drug-likeness (QED) is 0.510. The van der Waals surface area contributed by atoms with Crippen LogP contribution < -0.4 is 9.47 Å². The maximum absolute atomic E-state index is 13.9. The van der Waals surface area contributed by atoms with Gasteiger partial charge in [-0.1, -0.05) is 48.0 Å². The molecule has 0 N–H and O–H groups in total. The van der Waals surface area contributed by atoms with E-state index in [1.54, 1.807) is 30.3 Å². The molecule has 0 bridgehead atoms. The molecule has 3 nitrogen and oxygen atoms in total. The summed E-state index contributed by atoms with van der Waals surface area (Å²) in [5.41, 5.74) is 2.40. The summed E-state index contributed by atoms with van der Waals surface area (Å²) >= 11 is 6.04. The summed E-state index contributed by atoms with van der Waals surface area (Å²) in [6.45, 7) is 1.79. The molecule has 0 aromatic heterocycles. The van der Waals surface area contributed by atoms with Crippen molar-refractivity contribution >= 4 is 23.5 Å². The van der Waals surface area contributed by atoms with Crippen molar-refractivity contribution in [3.8, 4) is 11.5 Å². The highest BCUT2D eigenvalue weighted by Crippen LogP contribution is 2.38. The summed E-state index contributed by atoms with van der Waals surface area (Å²) in [4.78, 5) is 12.7. The Balaban J connectivity index is 1.59. The van der Waals surface area contributed by atoms with Crippen LogP contribution in [0, 0.1) is 12.7 Å². The second-order valence-corrected chi connectivity index (χ2v) is 6.86. The number of aryl methyl sites for hydroxylation is 1. The largest absolute Gasteiger partial charge is 0.489 e. The number of hydrogen-bond acceptors (Lipinski definition) is 3. The van der Waals surface area contributed by atoms with Crippen molar-refractivity contribution in [2.45, 2.75) is 13.5 Å². The van der Waals surface area contributed by atoms with Crippen LogP contribution in [0.2, 0.25) is 5.02 Å². The predicted molar refractivity (Wildman–Crippen MR) is 106 cm³/mol. The minimum atomic E-state index is -0.426. The van der Waals surface area contributed by atoms with E-state index in [2.05, 4.69) is 0 Å². The third-order valence-electron chi connectivity index (χ3n) is 4.49. The number of carbonyl (C=O) groups excluding carboxylic acids is 1. The monoisotopic (exact) mass is 394 g/mol. The van der Waals surface area contributed by atoms with E-state index in [0.29, 0.717) is 22.1 Å². The van der Waals surface area contributed by atoms with Crippen molar-refractivity contribution in [1.29, 1.82) is 0 Å². The Bertz CT molecular complexity index is 1070. The van der Waals surface area contributed by atoms with Gasteiger partial charge >= 0.3 is 0 Å². The van der Waals surface area contributed by atoms with Gasteiger partial charge in [-0.2, -0.15) is 0 Å². The Morgan fingerprint density at radius 1 is 1.11 bits per heavy atom. The van der Waals surface area contributed by atoms with Gasteiger partial charge in [0.1, 0.15) is 23.9 Å². The number of allylic oxidation sites excluding steroid dienone is 1. The van der Waals surface area contributed by atoms with E-state index in [9.17, 15) is 9.18 Å². The van der Waals surface area contributed by atoms with Gasteiger partial charge in [0.05, 0.1) is 10.6 Å². The fraction of sp³-hybridized carbons (Fsp3) is 0.0870. The fourth-order valence-electron chi connectivity index (χ4n) is 3.09. The first-order chi connectivity index (χ1) is 13.5. The first-order valence-corrected chi connectivity index (χ1v) is 9.10. The zero-order valence-corrected chi connectivity index (χ0v) is 15.8. The van der Waals surface area contributed by atoms with Gasteiger partial charge in [-0.25, -0.2) is 4.39 Å². The summed E-state index contributed by atoms with van der Waals surface area (Å²) in [5, 5.41) is 0.303. The number of carbonyl (C=O) groups is 1. The number of ketones is 1. The van der Waals surface area contributed by atoms with Crippen LogP contribution >= 0.6 is 11.6 Å². The zero-order valence-electron chi connectivity index (χ0n) is 15.0. The maximum Gasteiger partial charge on any atom is 0.232 e. The Hall–Kier alpha value is -3.11. The third kappa shape index (κ3) is 3.51. The second-order valence-electron chi connectivity index (χ2n) is 6.45. The SMILES string of the molecule is Cc1cc(OCc2c(F)cccc2Cl)cc2c1C(=O)/C(=C/c1ccccc1)O2. The summed E-state index contributed by atoms with van der Waals surface area (Å²) < 4.78 is 25.4. The molecule has 140 valence electrons. The molecular weight excluding hydrogens is 379 g/mol. The van der Waals surface area contributed by atoms with Gasteiger partial charge in [-0.05, 0) is 42.3 Å². The van der Waals surface area contributed by atoms with Crippen LogP contribution in [0.5, 0.6) is 11.5 Å². The molecule has 0 fully saturated rings.